The van der Waals surface area contributed by atoms with Gasteiger partial charge in [-0.2, -0.15) is 0 Å². The molecule has 2 heterocycles. The van der Waals surface area contributed by atoms with Crippen LogP contribution in [0.1, 0.15) is 5.56 Å². The van der Waals surface area contributed by atoms with Gasteiger partial charge in [-0.25, -0.2) is 4.98 Å². The lowest BCUT2D eigenvalue weighted by atomic mass is 10.2. The van der Waals surface area contributed by atoms with Crippen molar-refractivity contribution < 1.29 is 0 Å². The summed E-state index contributed by atoms with van der Waals surface area (Å²) >= 11 is 1.67. The number of hydrogen-bond acceptors (Lipinski definition) is 2. The number of benzene rings is 1. The first-order valence-electron chi connectivity index (χ1n) is 4.16. The van der Waals surface area contributed by atoms with Crippen molar-refractivity contribution >= 4 is 27.3 Å². The molecule has 0 aliphatic carbocycles. The number of thiazole rings is 1. The Morgan fingerprint density at radius 1 is 1.38 bits per heavy atom. The topological polar surface area (TPSA) is 17.3 Å². The van der Waals surface area contributed by atoms with E-state index in [0.29, 0.717) is 0 Å². The lowest BCUT2D eigenvalue weighted by Gasteiger charge is -1.91. The molecule has 0 aliphatic rings. The van der Waals surface area contributed by atoms with Gasteiger partial charge in [0.05, 0.1) is 11.0 Å². The van der Waals surface area contributed by atoms with Crippen LogP contribution in [0.4, 0.5) is 0 Å². The molecule has 1 aromatic carbocycles. The van der Waals surface area contributed by atoms with E-state index in [9.17, 15) is 0 Å². The molecule has 2 nitrogen and oxygen atoms in total. The fourth-order valence-electron chi connectivity index (χ4n) is 1.57. The molecule has 2 aromatic heterocycles. The molecule has 3 rings (SSSR count). The predicted molar refractivity (Wildman–Crippen MR) is 55.3 cm³/mol. The summed E-state index contributed by atoms with van der Waals surface area (Å²) in [5.41, 5.74) is 3.55. The van der Waals surface area contributed by atoms with Crippen molar-refractivity contribution in [1.82, 2.24) is 9.38 Å². The molecule has 3 aromatic rings. The summed E-state index contributed by atoms with van der Waals surface area (Å²) in [7, 11) is 0. The quantitative estimate of drug-likeness (QED) is 0.530. The zero-order chi connectivity index (χ0) is 8.84. The minimum absolute atomic E-state index is 1.07. The Morgan fingerprint density at radius 3 is 3.23 bits per heavy atom. The second kappa shape index (κ2) is 2.33. The fourth-order valence-corrected chi connectivity index (χ4v) is 2.29. The van der Waals surface area contributed by atoms with Crippen molar-refractivity contribution in [1.29, 1.82) is 0 Å². The van der Waals surface area contributed by atoms with E-state index in [4.69, 9.17) is 0 Å². The van der Waals surface area contributed by atoms with Gasteiger partial charge >= 0.3 is 0 Å². The van der Waals surface area contributed by atoms with E-state index in [1.165, 1.54) is 11.1 Å². The standard InChI is InChI=1S/C10H8N2S/c1-7-2-3-9-8(6-7)11-10-12(9)4-5-13-10/h2-6H,1H3. The summed E-state index contributed by atoms with van der Waals surface area (Å²) in [5.74, 6) is 0. The van der Waals surface area contributed by atoms with Gasteiger partial charge in [-0.3, -0.25) is 4.40 Å². The maximum atomic E-state index is 4.52. The average Bonchev–Trinajstić information content (AvgIpc) is 2.62. The summed E-state index contributed by atoms with van der Waals surface area (Å²) in [5, 5.41) is 2.06. The lowest BCUT2D eigenvalue weighted by Crippen LogP contribution is -1.76. The number of rotatable bonds is 0. The van der Waals surface area contributed by atoms with Crippen LogP contribution in [0.5, 0.6) is 0 Å². The number of fused-ring (bicyclic) bond motifs is 3. The highest BCUT2D eigenvalue weighted by atomic mass is 32.1. The van der Waals surface area contributed by atoms with Crippen molar-refractivity contribution in [2.45, 2.75) is 6.92 Å². The third-order valence-electron chi connectivity index (χ3n) is 2.20. The van der Waals surface area contributed by atoms with E-state index in [0.717, 1.165) is 10.5 Å². The molecule has 0 atom stereocenters. The van der Waals surface area contributed by atoms with Crippen LogP contribution in [0.15, 0.2) is 29.8 Å². The van der Waals surface area contributed by atoms with E-state index < -0.39 is 0 Å². The van der Waals surface area contributed by atoms with Crippen LogP contribution in [-0.2, 0) is 0 Å². The Hall–Kier alpha value is -1.35. The van der Waals surface area contributed by atoms with Crippen LogP contribution in [0.2, 0.25) is 0 Å². The van der Waals surface area contributed by atoms with Crippen LogP contribution >= 0.6 is 11.3 Å². The minimum Gasteiger partial charge on any atom is -0.290 e. The summed E-state index contributed by atoms with van der Waals surface area (Å²) in [4.78, 5) is 5.59. The first-order valence-corrected chi connectivity index (χ1v) is 5.04. The highest BCUT2D eigenvalue weighted by Gasteiger charge is 2.03. The van der Waals surface area contributed by atoms with Crippen LogP contribution in [-0.4, -0.2) is 9.38 Å². The van der Waals surface area contributed by atoms with Gasteiger partial charge in [-0.1, -0.05) is 6.07 Å². The first-order chi connectivity index (χ1) is 6.34. The smallest absolute Gasteiger partial charge is 0.194 e. The molecule has 0 fully saturated rings. The van der Waals surface area contributed by atoms with Crippen molar-refractivity contribution in [3.63, 3.8) is 0 Å². The van der Waals surface area contributed by atoms with Crippen molar-refractivity contribution in [2.75, 3.05) is 0 Å². The maximum Gasteiger partial charge on any atom is 0.194 e. The zero-order valence-electron chi connectivity index (χ0n) is 7.19. The average molecular weight is 188 g/mol. The van der Waals surface area contributed by atoms with Gasteiger partial charge < -0.3 is 0 Å². The Morgan fingerprint density at radius 2 is 2.31 bits per heavy atom. The van der Waals surface area contributed by atoms with Gasteiger partial charge in [0.15, 0.2) is 4.96 Å². The molecule has 0 amide bonds. The first kappa shape index (κ1) is 7.09. The van der Waals surface area contributed by atoms with E-state index in [-0.39, 0.29) is 0 Å². The van der Waals surface area contributed by atoms with Gasteiger partial charge in [0.2, 0.25) is 0 Å². The van der Waals surface area contributed by atoms with Gasteiger partial charge in [-0.05, 0) is 24.6 Å². The van der Waals surface area contributed by atoms with Gasteiger partial charge in [0.1, 0.15) is 0 Å². The molecule has 0 unspecified atom stereocenters. The van der Waals surface area contributed by atoms with E-state index in [1.807, 2.05) is 0 Å². The Labute approximate surface area is 79.5 Å². The molecule has 0 N–H and O–H groups in total. The molecular weight excluding hydrogens is 180 g/mol. The van der Waals surface area contributed by atoms with Crippen LogP contribution in [0.25, 0.3) is 16.0 Å². The number of aromatic nitrogens is 2. The molecule has 0 aliphatic heterocycles. The van der Waals surface area contributed by atoms with Crippen molar-refractivity contribution in [3.05, 3.63) is 35.3 Å². The highest BCUT2D eigenvalue weighted by molar-refractivity contribution is 7.15. The molecule has 0 saturated heterocycles. The zero-order valence-corrected chi connectivity index (χ0v) is 8.01. The molecule has 0 bridgehead atoms. The highest BCUT2D eigenvalue weighted by Crippen LogP contribution is 2.20. The van der Waals surface area contributed by atoms with E-state index >= 15 is 0 Å². The van der Waals surface area contributed by atoms with Gasteiger partial charge in [-0.15, -0.1) is 11.3 Å². The van der Waals surface area contributed by atoms with Crippen molar-refractivity contribution in [2.24, 2.45) is 0 Å². The summed E-state index contributed by atoms with van der Waals surface area (Å²) in [6, 6.07) is 6.36. The molecule has 0 radical (unpaired) electrons. The number of aryl methyl sites for hydroxylation is 1. The SMILES string of the molecule is Cc1ccc2c(c1)nc1sccn12. The van der Waals surface area contributed by atoms with Gasteiger partial charge in [0, 0.05) is 11.6 Å². The van der Waals surface area contributed by atoms with E-state index in [2.05, 4.69) is 46.1 Å². The monoisotopic (exact) mass is 188 g/mol. The Balaban J connectivity index is 2.59. The lowest BCUT2D eigenvalue weighted by molar-refractivity contribution is 1.28. The molecule has 64 valence electrons. The molecular formula is C10H8N2S. The molecule has 3 heteroatoms. The van der Waals surface area contributed by atoms with Crippen molar-refractivity contribution in [3.8, 4) is 0 Å². The van der Waals surface area contributed by atoms with Crippen LogP contribution < -0.4 is 0 Å². The van der Waals surface area contributed by atoms with Crippen LogP contribution in [0.3, 0.4) is 0 Å². The normalized spacial score (nSPS) is 11.5. The van der Waals surface area contributed by atoms with E-state index in [1.54, 1.807) is 11.3 Å². The minimum atomic E-state index is 1.07. The maximum absolute atomic E-state index is 4.52. The second-order valence-electron chi connectivity index (χ2n) is 3.16. The summed E-state index contributed by atoms with van der Waals surface area (Å²) < 4.78 is 2.12. The number of nitrogens with zero attached hydrogens (tertiary/aromatic N) is 2. The third kappa shape index (κ3) is 0.906. The third-order valence-corrected chi connectivity index (χ3v) is 2.95. The number of hydrogen-bond donors (Lipinski definition) is 0. The second-order valence-corrected chi connectivity index (χ2v) is 4.03. The predicted octanol–water partition coefficient (Wildman–Crippen LogP) is 2.86. The Kier molecular flexibility index (Phi) is 1.27. The molecule has 13 heavy (non-hydrogen) atoms. The number of imidazole rings is 1. The molecule has 0 saturated carbocycles. The largest absolute Gasteiger partial charge is 0.290 e. The molecule has 0 spiro atoms. The van der Waals surface area contributed by atoms with Gasteiger partial charge in [0.25, 0.3) is 0 Å². The summed E-state index contributed by atoms with van der Waals surface area (Å²) in [6.07, 6.45) is 2.06. The fraction of sp³-hybridized carbons (Fsp3) is 0.100. The summed E-state index contributed by atoms with van der Waals surface area (Å²) in [6.45, 7) is 2.09. The Bertz CT molecular complexity index is 577. The van der Waals surface area contributed by atoms with Crippen LogP contribution in [0, 0.1) is 6.92 Å².